The van der Waals surface area contributed by atoms with Gasteiger partial charge in [-0.15, -0.1) is 0 Å². The van der Waals surface area contributed by atoms with Gasteiger partial charge in [0, 0.05) is 44.7 Å². The summed E-state index contributed by atoms with van der Waals surface area (Å²) in [4.78, 5) is 22.6. The fourth-order valence-electron chi connectivity index (χ4n) is 3.79. The number of hydrazine groups is 1. The number of nitrogens with zero attached hydrogens (tertiary/aromatic N) is 3. The lowest BCUT2D eigenvalue weighted by molar-refractivity contribution is -0.384. The van der Waals surface area contributed by atoms with Crippen molar-refractivity contribution in [3.63, 3.8) is 0 Å². The van der Waals surface area contributed by atoms with Crippen molar-refractivity contribution < 1.29 is 18.1 Å². The zero-order valence-electron chi connectivity index (χ0n) is 15.7. The van der Waals surface area contributed by atoms with E-state index in [1.54, 1.807) is 0 Å². The molecule has 2 aliphatic rings. The lowest BCUT2D eigenvalue weighted by Crippen LogP contribution is -2.47. The van der Waals surface area contributed by atoms with Gasteiger partial charge in [-0.2, -0.15) is 4.31 Å². The smallest absolute Gasteiger partial charge is 0.269 e. The standard InChI is InChI=1S/C18H26N4O5S/c23-18(19-20-10-2-1-3-11-20)13-15-5-4-12-21(14-15)28(26,27)17-8-6-16(7-9-17)22(24)25/h6-9,15H,1-5,10-14H2,(H,19,23). The number of sulfonamides is 1. The molecule has 1 aromatic carbocycles. The Labute approximate surface area is 164 Å². The van der Waals surface area contributed by atoms with Gasteiger partial charge in [-0.1, -0.05) is 6.42 Å². The van der Waals surface area contributed by atoms with Crippen molar-refractivity contribution in [2.45, 2.75) is 43.4 Å². The fraction of sp³-hybridized carbons (Fsp3) is 0.611. The topological polar surface area (TPSA) is 113 Å². The number of rotatable bonds is 6. The highest BCUT2D eigenvalue weighted by Gasteiger charge is 2.31. The summed E-state index contributed by atoms with van der Waals surface area (Å²) in [7, 11) is -3.73. The molecule has 1 unspecified atom stereocenters. The van der Waals surface area contributed by atoms with Crippen LogP contribution in [0.1, 0.15) is 38.5 Å². The molecule has 1 aromatic rings. The third-order valence-electron chi connectivity index (χ3n) is 5.28. The van der Waals surface area contributed by atoms with Crippen LogP contribution in [0.15, 0.2) is 29.2 Å². The van der Waals surface area contributed by atoms with E-state index in [4.69, 9.17) is 0 Å². The second-order valence-corrected chi connectivity index (χ2v) is 9.35. The van der Waals surface area contributed by atoms with Crippen LogP contribution in [0.4, 0.5) is 5.69 Å². The molecule has 0 radical (unpaired) electrons. The second-order valence-electron chi connectivity index (χ2n) is 7.41. The Kier molecular flexibility index (Phi) is 6.63. The van der Waals surface area contributed by atoms with Gasteiger partial charge in [-0.05, 0) is 43.7 Å². The van der Waals surface area contributed by atoms with Gasteiger partial charge in [0.2, 0.25) is 15.9 Å². The van der Waals surface area contributed by atoms with Crippen LogP contribution in [0.5, 0.6) is 0 Å². The fourth-order valence-corrected chi connectivity index (χ4v) is 5.35. The van der Waals surface area contributed by atoms with Crippen LogP contribution in [-0.4, -0.2) is 54.7 Å². The maximum atomic E-state index is 12.9. The molecule has 28 heavy (non-hydrogen) atoms. The van der Waals surface area contributed by atoms with E-state index in [2.05, 4.69) is 5.43 Å². The van der Waals surface area contributed by atoms with E-state index in [0.717, 1.165) is 32.4 Å². The minimum atomic E-state index is -3.73. The quantitative estimate of drug-likeness (QED) is 0.566. The van der Waals surface area contributed by atoms with Crippen LogP contribution in [0.3, 0.4) is 0 Å². The average Bonchev–Trinajstić information content (AvgIpc) is 2.69. The minimum absolute atomic E-state index is 0.0358. The summed E-state index contributed by atoms with van der Waals surface area (Å²) >= 11 is 0. The number of hydrogen-bond donors (Lipinski definition) is 1. The number of non-ortho nitro benzene ring substituents is 1. The number of nitro benzene ring substituents is 1. The molecule has 0 bridgehead atoms. The summed E-state index contributed by atoms with van der Waals surface area (Å²) in [6.45, 7) is 2.39. The normalized spacial score (nSPS) is 21.9. The van der Waals surface area contributed by atoms with Crippen LogP contribution in [0.2, 0.25) is 0 Å². The Bertz CT molecular complexity index is 806. The number of amides is 1. The number of nitro groups is 1. The first-order valence-corrected chi connectivity index (χ1v) is 11.1. The Balaban J connectivity index is 1.60. The van der Waals surface area contributed by atoms with E-state index < -0.39 is 14.9 Å². The Morgan fingerprint density at radius 3 is 2.43 bits per heavy atom. The Hall–Kier alpha value is -2.04. The van der Waals surface area contributed by atoms with E-state index >= 15 is 0 Å². The molecule has 3 rings (SSSR count). The van der Waals surface area contributed by atoms with Crippen molar-refractivity contribution in [2.24, 2.45) is 5.92 Å². The first kappa shape index (κ1) is 20.7. The largest absolute Gasteiger partial charge is 0.289 e. The predicted octanol–water partition coefficient (Wildman–Crippen LogP) is 1.90. The molecule has 1 N–H and O–H groups in total. The molecule has 9 nitrogen and oxygen atoms in total. The number of carbonyl (C=O) groups excluding carboxylic acids is 1. The van der Waals surface area contributed by atoms with Crippen molar-refractivity contribution in [1.82, 2.24) is 14.7 Å². The molecular formula is C18H26N4O5S. The lowest BCUT2D eigenvalue weighted by Gasteiger charge is -2.32. The average molecular weight is 410 g/mol. The van der Waals surface area contributed by atoms with Crippen LogP contribution in [-0.2, 0) is 14.8 Å². The molecule has 0 saturated carbocycles. The highest BCUT2D eigenvalue weighted by atomic mass is 32.2. The van der Waals surface area contributed by atoms with Crippen LogP contribution in [0, 0.1) is 16.0 Å². The molecule has 0 spiro atoms. The predicted molar refractivity (Wildman–Crippen MR) is 103 cm³/mol. The number of carbonyl (C=O) groups is 1. The van der Waals surface area contributed by atoms with Crippen molar-refractivity contribution in [3.05, 3.63) is 34.4 Å². The highest BCUT2D eigenvalue weighted by Crippen LogP contribution is 2.26. The molecule has 1 atom stereocenters. The molecule has 154 valence electrons. The number of piperidine rings is 2. The summed E-state index contributed by atoms with van der Waals surface area (Å²) in [5.74, 6) is -0.104. The number of benzene rings is 1. The Morgan fingerprint density at radius 1 is 1.11 bits per heavy atom. The zero-order chi connectivity index (χ0) is 20.1. The maximum Gasteiger partial charge on any atom is 0.269 e. The first-order valence-electron chi connectivity index (χ1n) is 9.65. The van der Waals surface area contributed by atoms with Gasteiger partial charge in [-0.25, -0.2) is 13.4 Å². The molecule has 2 fully saturated rings. The number of nitrogens with one attached hydrogen (secondary N) is 1. The van der Waals surface area contributed by atoms with Gasteiger partial charge in [0.25, 0.3) is 5.69 Å². The van der Waals surface area contributed by atoms with Crippen LogP contribution in [0.25, 0.3) is 0 Å². The monoisotopic (exact) mass is 410 g/mol. The van der Waals surface area contributed by atoms with Crippen molar-refractivity contribution in [1.29, 1.82) is 0 Å². The number of hydrogen-bond acceptors (Lipinski definition) is 6. The minimum Gasteiger partial charge on any atom is -0.289 e. The third-order valence-corrected chi connectivity index (χ3v) is 7.16. The molecule has 1 amide bonds. The van der Waals surface area contributed by atoms with Gasteiger partial charge in [0.05, 0.1) is 9.82 Å². The molecule has 2 saturated heterocycles. The SMILES string of the molecule is O=C(CC1CCCN(S(=O)(=O)c2ccc([N+](=O)[O-])cc2)C1)NN1CCCCC1. The molecular weight excluding hydrogens is 384 g/mol. The van der Waals surface area contributed by atoms with Gasteiger partial charge in [0.1, 0.15) is 0 Å². The molecule has 2 heterocycles. The Morgan fingerprint density at radius 2 is 1.79 bits per heavy atom. The van der Waals surface area contributed by atoms with E-state index in [1.165, 1.54) is 35.0 Å². The maximum absolute atomic E-state index is 12.9. The summed E-state index contributed by atoms with van der Waals surface area (Å²) in [6.07, 6.45) is 5.12. The van der Waals surface area contributed by atoms with E-state index in [9.17, 15) is 23.3 Å². The van der Waals surface area contributed by atoms with Crippen LogP contribution >= 0.6 is 0 Å². The van der Waals surface area contributed by atoms with Crippen molar-refractivity contribution >= 4 is 21.6 Å². The zero-order valence-corrected chi connectivity index (χ0v) is 16.6. The lowest BCUT2D eigenvalue weighted by atomic mass is 9.96. The third kappa shape index (κ3) is 5.06. The van der Waals surface area contributed by atoms with Crippen LogP contribution < -0.4 is 5.43 Å². The second kappa shape index (κ2) is 8.97. The molecule has 0 aliphatic carbocycles. The molecule has 2 aliphatic heterocycles. The highest BCUT2D eigenvalue weighted by molar-refractivity contribution is 7.89. The summed E-state index contributed by atoms with van der Waals surface area (Å²) in [5.41, 5.74) is 2.78. The van der Waals surface area contributed by atoms with Crippen molar-refractivity contribution in [3.8, 4) is 0 Å². The van der Waals surface area contributed by atoms with Crippen molar-refractivity contribution in [2.75, 3.05) is 26.2 Å². The molecule has 10 heteroatoms. The van der Waals surface area contributed by atoms with E-state index in [0.29, 0.717) is 19.4 Å². The van der Waals surface area contributed by atoms with E-state index in [1.807, 2.05) is 5.01 Å². The summed E-state index contributed by atoms with van der Waals surface area (Å²) in [5, 5.41) is 12.7. The molecule has 0 aromatic heterocycles. The first-order chi connectivity index (χ1) is 13.4. The van der Waals surface area contributed by atoms with E-state index in [-0.39, 0.29) is 29.0 Å². The summed E-state index contributed by atoms with van der Waals surface area (Å²) < 4.78 is 27.1. The van der Waals surface area contributed by atoms with Gasteiger partial charge in [-0.3, -0.25) is 20.3 Å². The summed E-state index contributed by atoms with van der Waals surface area (Å²) in [6, 6.07) is 4.92. The van der Waals surface area contributed by atoms with Gasteiger partial charge < -0.3 is 0 Å². The van der Waals surface area contributed by atoms with Gasteiger partial charge in [0.15, 0.2) is 0 Å². The van der Waals surface area contributed by atoms with Gasteiger partial charge >= 0.3 is 0 Å².